The molecule has 0 aromatic heterocycles. The lowest BCUT2D eigenvalue weighted by atomic mass is 9.97. The summed E-state index contributed by atoms with van der Waals surface area (Å²) in [5.74, 6) is -0.913. The normalized spacial score (nSPS) is 15.9. The molecule has 0 aliphatic heterocycles. The predicted octanol–water partition coefficient (Wildman–Crippen LogP) is 2.89. The number of carboxylic acid groups (broad SMARTS) is 1. The van der Waals surface area contributed by atoms with E-state index in [-0.39, 0.29) is 17.7 Å². The quantitative estimate of drug-likeness (QED) is 0.856. The molecule has 2 N–H and O–H groups in total. The Hall–Kier alpha value is -1.84. The molecule has 19 heavy (non-hydrogen) atoms. The number of aliphatic carboxylic acids is 1. The summed E-state index contributed by atoms with van der Waals surface area (Å²) in [7, 11) is 0. The number of hydrogen-bond donors (Lipinski definition) is 2. The molecule has 1 aliphatic rings. The van der Waals surface area contributed by atoms with Gasteiger partial charge >= 0.3 is 5.97 Å². The molecule has 1 fully saturated rings. The van der Waals surface area contributed by atoms with Crippen molar-refractivity contribution in [3.8, 4) is 0 Å². The second-order valence-corrected chi connectivity index (χ2v) is 5.54. The zero-order valence-corrected chi connectivity index (χ0v) is 11.3. The number of aryl methyl sites for hydroxylation is 1. The first-order valence-electron chi connectivity index (χ1n) is 6.50. The first-order valence-corrected chi connectivity index (χ1v) is 6.50. The summed E-state index contributed by atoms with van der Waals surface area (Å²) in [6.07, 6.45) is 2.05. The predicted molar refractivity (Wildman–Crippen MR) is 73.1 cm³/mol. The van der Waals surface area contributed by atoms with Crippen LogP contribution >= 0.6 is 0 Å². The molecule has 0 radical (unpaired) electrons. The van der Waals surface area contributed by atoms with E-state index >= 15 is 0 Å². The highest BCUT2D eigenvalue weighted by molar-refractivity contribution is 5.92. The molecule has 1 amide bonds. The summed E-state index contributed by atoms with van der Waals surface area (Å²) in [5.41, 5.74) is 2.70. The highest BCUT2D eigenvalue weighted by atomic mass is 16.4. The van der Waals surface area contributed by atoms with Gasteiger partial charge in [0.25, 0.3) is 0 Å². The Morgan fingerprint density at radius 1 is 1.26 bits per heavy atom. The van der Waals surface area contributed by atoms with Crippen molar-refractivity contribution in [1.82, 2.24) is 0 Å². The minimum Gasteiger partial charge on any atom is -0.481 e. The van der Waals surface area contributed by atoms with Gasteiger partial charge in [0, 0.05) is 12.1 Å². The van der Waals surface area contributed by atoms with Crippen molar-refractivity contribution in [2.24, 2.45) is 5.41 Å². The molecule has 0 saturated heterocycles. The number of rotatable bonds is 5. The number of amides is 1. The van der Waals surface area contributed by atoms with Crippen LogP contribution in [0.3, 0.4) is 0 Å². The Morgan fingerprint density at radius 2 is 1.95 bits per heavy atom. The van der Waals surface area contributed by atoms with E-state index in [0.29, 0.717) is 6.42 Å². The Morgan fingerprint density at radius 3 is 2.53 bits per heavy atom. The molecule has 1 aromatic rings. The van der Waals surface area contributed by atoms with Crippen LogP contribution in [0.25, 0.3) is 0 Å². The molecule has 0 atom stereocenters. The molecule has 1 saturated carbocycles. The molecule has 102 valence electrons. The van der Waals surface area contributed by atoms with Crippen LogP contribution in [0.1, 0.15) is 36.8 Å². The fraction of sp³-hybridized carbons (Fsp3) is 0.467. The smallest absolute Gasteiger partial charge is 0.303 e. The van der Waals surface area contributed by atoms with Crippen molar-refractivity contribution in [3.63, 3.8) is 0 Å². The van der Waals surface area contributed by atoms with Gasteiger partial charge in [-0.3, -0.25) is 9.59 Å². The minimum atomic E-state index is -0.822. The van der Waals surface area contributed by atoms with E-state index in [1.165, 1.54) is 0 Å². The lowest BCUT2D eigenvalue weighted by Crippen LogP contribution is -2.20. The standard InChI is InChI=1S/C15H19NO3/c1-10-4-3-5-12(11(10)2)16-13(17)8-15(6-7-15)9-14(18)19/h3-5H,6-9H2,1-2H3,(H,16,17)(H,18,19). The molecular weight excluding hydrogens is 242 g/mol. The van der Waals surface area contributed by atoms with E-state index in [2.05, 4.69) is 5.32 Å². The van der Waals surface area contributed by atoms with Gasteiger partial charge in [0.15, 0.2) is 0 Å². The Balaban J connectivity index is 1.98. The Bertz CT molecular complexity index is 518. The van der Waals surface area contributed by atoms with Crippen LogP contribution in [0, 0.1) is 19.3 Å². The summed E-state index contributed by atoms with van der Waals surface area (Å²) >= 11 is 0. The van der Waals surface area contributed by atoms with Crippen molar-refractivity contribution >= 4 is 17.6 Å². The van der Waals surface area contributed by atoms with Gasteiger partial charge in [0.05, 0.1) is 6.42 Å². The summed E-state index contributed by atoms with van der Waals surface area (Å²) in [4.78, 5) is 22.8. The average molecular weight is 261 g/mol. The molecular formula is C15H19NO3. The lowest BCUT2D eigenvalue weighted by Gasteiger charge is -2.14. The number of carbonyl (C=O) groups excluding carboxylic acids is 1. The van der Waals surface area contributed by atoms with Gasteiger partial charge in [0.2, 0.25) is 5.91 Å². The minimum absolute atomic E-state index is 0.0903. The van der Waals surface area contributed by atoms with Crippen molar-refractivity contribution < 1.29 is 14.7 Å². The van der Waals surface area contributed by atoms with Crippen molar-refractivity contribution in [3.05, 3.63) is 29.3 Å². The fourth-order valence-corrected chi connectivity index (χ4v) is 2.34. The molecule has 4 heteroatoms. The van der Waals surface area contributed by atoms with Gasteiger partial charge in [-0.25, -0.2) is 0 Å². The number of benzene rings is 1. The first-order chi connectivity index (χ1) is 8.92. The van der Waals surface area contributed by atoms with Crippen LogP contribution in [0.15, 0.2) is 18.2 Å². The second-order valence-electron chi connectivity index (χ2n) is 5.54. The van der Waals surface area contributed by atoms with Crippen LogP contribution in [0.4, 0.5) is 5.69 Å². The summed E-state index contributed by atoms with van der Waals surface area (Å²) in [6, 6.07) is 5.77. The molecule has 0 heterocycles. The van der Waals surface area contributed by atoms with Crippen LogP contribution in [-0.2, 0) is 9.59 Å². The average Bonchev–Trinajstić information content (AvgIpc) is 3.03. The third kappa shape index (κ3) is 3.34. The second kappa shape index (κ2) is 5.03. The molecule has 0 unspecified atom stereocenters. The third-order valence-electron chi connectivity index (χ3n) is 3.90. The van der Waals surface area contributed by atoms with E-state index in [1.807, 2.05) is 32.0 Å². The monoisotopic (exact) mass is 261 g/mol. The molecule has 2 rings (SSSR count). The zero-order chi connectivity index (χ0) is 14.0. The van der Waals surface area contributed by atoms with E-state index < -0.39 is 5.97 Å². The highest BCUT2D eigenvalue weighted by Crippen LogP contribution is 2.51. The van der Waals surface area contributed by atoms with Crippen molar-refractivity contribution in [1.29, 1.82) is 0 Å². The number of carbonyl (C=O) groups is 2. The van der Waals surface area contributed by atoms with E-state index in [4.69, 9.17) is 5.11 Å². The molecule has 1 aromatic carbocycles. The molecule has 1 aliphatic carbocycles. The number of anilines is 1. The maximum atomic E-state index is 12.0. The maximum Gasteiger partial charge on any atom is 0.303 e. The number of hydrogen-bond acceptors (Lipinski definition) is 2. The molecule has 4 nitrogen and oxygen atoms in total. The SMILES string of the molecule is Cc1cccc(NC(=O)CC2(CC(=O)O)CC2)c1C. The van der Waals surface area contributed by atoms with E-state index in [0.717, 1.165) is 29.7 Å². The molecule has 0 spiro atoms. The van der Waals surface area contributed by atoms with Crippen LogP contribution in [-0.4, -0.2) is 17.0 Å². The van der Waals surface area contributed by atoms with Crippen LogP contribution in [0.5, 0.6) is 0 Å². The Kier molecular flexibility index (Phi) is 3.60. The van der Waals surface area contributed by atoms with Crippen molar-refractivity contribution in [2.45, 2.75) is 39.5 Å². The first kappa shape index (κ1) is 13.6. The fourth-order valence-electron chi connectivity index (χ4n) is 2.34. The largest absolute Gasteiger partial charge is 0.481 e. The van der Waals surface area contributed by atoms with Crippen LogP contribution < -0.4 is 5.32 Å². The third-order valence-corrected chi connectivity index (χ3v) is 3.90. The Labute approximate surface area is 112 Å². The van der Waals surface area contributed by atoms with Gasteiger partial charge in [-0.05, 0) is 49.3 Å². The molecule has 0 bridgehead atoms. The topological polar surface area (TPSA) is 66.4 Å². The number of nitrogens with one attached hydrogen (secondary N) is 1. The van der Waals surface area contributed by atoms with Gasteiger partial charge in [-0.15, -0.1) is 0 Å². The highest BCUT2D eigenvalue weighted by Gasteiger charge is 2.45. The summed E-state index contributed by atoms with van der Waals surface area (Å²) in [5, 5.41) is 11.7. The van der Waals surface area contributed by atoms with Gasteiger partial charge < -0.3 is 10.4 Å². The van der Waals surface area contributed by atoms with Gasteiger partial charge in [0.1, 0.15) is 0 Å². The van der Waals surface area contributed by atoms with Gasteiger partial charge in [-0.1, -0.05) is 12.1 Å². The maximum absolute atomic E-state index is 12.0. The van der Waals surface area contributed by atoms with Crippen molar-refractivity contribution in [2.75, 3.05) is 5.32 Å². The zero-order valence-electron chi connectivity index (χ0n) is 11.3. The van der Waals surface area contributed by atoms with E-state index in [9.17, 15) is 9.59 Å². The number of carboxylic acids is 1. The van der Waals surface area contributed by atoms with Crippen LogP contribution in [0.2, 0.25) is 0 Å². The van der Waals surface area contributed by atoms with Gasteiger partial charge in [-0.2, -0.15) is 0 Å². The summed E-state index contributed by atoms with van der Waals surface area (Å²) < 4.78 is 0. The van der Waals surface area contributed by atoms with E-state index in [1.54, 1.807) is 0 Å². The summed E-state index contributed by atoms with van der Waals surface area (Å²) in [6.45, 7) is 3.97. The lowest BCUT2D eigenvalue weighted by molar-refractivity contribution is -0.138.